The molecule has 0 aliphatic heterocycles. The average Bonchev–Trinajstić information content (AvgIpc) is 2.19. The summed E-state index contributed by atoms with van der Waals surface area (Å²) in [7, 11) is 1.68. The van der Waals surface area contributed by atoms with Crippen LogP contribution in [0, 0.1) is 17.2 Å². The molecular weight excluding hydrogens is 166 g/mol. The Balaban J connectivity index is 2.26. The van der Waals surface area contributed by atoms with E-state index >= 15 is 0 Å². The van der Waals surface area contributed by atoms with E-state index in [1.807, 2.05) is 6.07 Å². The molecule has 0 radical (unpaired) electrons. The highest BCUT2D eigenvalue weighted by molar-refractivity contribution is 5.15. The van der Waals surface area contributed by atoms with Gasteiger partial charge in [-0.1, -0.05) is 0 Å². The van der Waals surface area contributed by atoms with E-state index in [4.69, 9.17) is 10.00 Å². The van der Waals surface area contributed by atoms with Gasteiger partial charge in [0.15, 0.2) is 5.60 Å². The quantitative estimate of drug-likeness (QED) is 0.619. The van der Waals surface area contributed by atoms with Crippen molar-refractivity contribution in [2.45, 2.75) is 43.3 Å². The van der Waals surface area contributed by atoms with E-state index in [1.165, 1.54) is 0 Å². The molecule has 3 aliphatic carbocycles. The van der Waals surface area contributed by atoms with Crippen LogP contribution in [0.5, 0.6) is 0 Å². The molecule has 13 heavy (non-hydrogen) atoms. The van der Waals surface area contributed by atoms with Crippen molar-refractivity contribution < 1.29 is 9.84 Å². The van der Waals surface area contributed by atoms with Gasteiger partial charge in [0.1, 0.15) is 0 Å². The minimum Gasteiger partial charge on any atom is -0.378 e. The van der Waals surface area contributed by atoms with Crippen LogP contribution in [0.2, 0.25) is 0 Å². The topological polar surface area (TPSA) is 53.2 Å². The Morgan fingerprint density at radius 1 is 1.46 bits per heavy atom. The fraction of sp³-hybridized carbons (Fsp3) is 0.900. The van der Waals surface area contributed by atoms with E-state index in [9.17, 15) is 5.11 Å². The van der Waals surface area contributed by atoms with Gasteiger partial charge in [-0.05, 0) is 25.7 Å². The Hall–Kier alpha value is -0.590. The monoisotopic (exact) mass is 181 g/mol. The molecule has 0 aromatic rings. The van der Waals surface area contributed by atoms with E-state index in [1.54, 1.807) is 7.11 Å². The van der Waals surface area contributed by atoms with E-state index < -0.39 is 5.60 Å². The van der Waals surface area contributed by atoms with Gasteiger partial charge in [-0.25, -0.2) is 0 Å². The Bertz CT molecular complexity index is 250. The van der Waals surface area contributed by atoms with E-state index in [0.717, 1.165) is 25.7 Å². The number of nitriles is 1. The normalized spacial score (nSPS) is 48.8. The fourth-order valence-electron chi connectivity index (χ4n) is 2.84. The number of methoxy groups -OCH3 is 1. The van der Waals surface area contributed by atoms with Crippen LogP contribution in [0.1, 0.15) is 32.1 Å². The van der Waals surface area contributed by atoms with Crippen molar-refractivity contribution in [3.63, 3.8) is 0 Å². The third kappa shape index (κ3) is 1.17. The van der Waals surface area contributed by atoms with Crippen LogP contribution in [-0.4, -0.2) is 23.4 Å². The average molecular weight is 181 g/mol. The summed E-state index contributed by atoms with van der Waals surface area (Å²) >= 11 is 0. The summed E-state index contributed by atoms with van der Waals surface area (Å²) in [6.07, 6.45) is 4.35. The van der Waals surface area contributed by atoms with Gasteiger partial charge in [0.2, 0.25) is 0 Å². The van der Waals surface area contributed by atoms with Crippen LogP contribution in [0.15, 0.2) is 0 Å². The molecule has 3 heteroatoms. The third-order valence-electron chi connectivity index (χ3n) is 3.79. The predicted molar refractivity (Wildman–Crippen MR) is 46.9 cm³/mol. The first-order chi connectivity index (χ1) is 6.14. The van der Waals surface area contributed by atoms with Gasteiger partial charge in [-0.3, -0.25) is 0 Å². The highest BCUT2D eigenvalue weighted by Gasteiger charge is 2.54. The molecule has 3 aliphatic rings. The number of hydrogen-bond acceptors (Lipinski definition) is 3. The second-order valence-electron chi connectivity index (χ2n) is 4.37. The number of nitrogens with zero attached hydrogens (tertiary/aromatic N) is 1. The van der Waals surface area contributed by atoms with Gasteiger partial charge in [0.05, 0.1) is 11.7 Å². The number of aliphatic hydroxyl groups is 1. The number of fused-ring (bicyclic) bond motifs is 3. The van der Waals surface area contributed by atoms with Crippen LogP contribution in [0.4, 0.5) is 0 Å². The largest absolute Gasteiger partial charge is 0.378 e. The molecule has 0 saturated heterocycles. The molecule has 1 N–H and O–H groups in total. The van der Waals surface area contributed by atoms with E-state index in [2.05, 4.69) is 0 Å². The van der Waals surface area contributed by atoms with Crippen molar-refractivity contribution in [3.8, 4) is 6.07 Å². The lowest BCUT2D eigenvalue weighted by atomic mass is 9.60. The SMILES string of the molecule is COC12CCC(CC1)[C@@](O)(C#N)C2. The summed E-state index contributed by atoms with van der Waals surface area (Å²) in [6, 6.07) is 2.05. The number of ether oxygens (including phenoxy) is 1. The van der Waals surface area contributed by atoms with Gasteiger partial charge >= 0.3 is 0 Å². The smallest absolute Gasteiger partial charge is 0.156 e. The van der Waals surface area contributed by atoms with Gasteiger partial charge in [0, 0.05) is 19.4 Å². The Labute approximate surface area is 78.3 Å². The van der Waals surface area contributed by atoms with Crippen LogP contribution in [-0.2, 0) is 4.74 Å². The highest BCUT2D eigenvalue weighted by Crippen LogP contribution is 2.50. The third-order valence-corrected chi connectivity index (χ3v) is 3.79. The molecule has 1 atom stereocenters. The van der Waals surface area contributed by atoms with Crippen LogP contribution < -0.4 is 0 Å². The summed E-state index contributed by atoms with van der Waals surface area (Å²) < 4.78 is 5.45. The van der Waals surface area contributed by atoms with Gasteiger partial charge < -0.3 is 9.84 Å². The van der Waals surface area contributed by atoms with Crippen molar-refractivity contribution in [3.05, 3.63) is 0 Å². The summed E-state index contributed by atoms with van der Waals surface area (Å²) in [5.74, 6) is 0.175. The van der Waals surface area contributed by atoms with Crippen LogP contribution in [0.25, 0.3) is 0 Å². The molecule has 0 aromatic heterocycles. The molecule has 2 bridgehead atoms. The maximum Gasteiger partial charge on any atom is 0.156 e. The molecule has 3 rings (SSSR count). The Morgan fingerprint density at radius 3 is 2.54 bits per heavy atom. The van der Waals surface area contributed by atoms with Crippen LogP contribution in [0.3, 0.4) is 0 Å². The molecule has 72 valence electrons. The summed E-state index contributed by atoms with van der Waals surface area (Å²) in [5, 5.41) is 19.0. The van der Waals surface area contributed by atoms with E-state index in [-0.39, 0.29) is 11.5 Å². The number of rotatable bonds is 1. The lowest BCUT2D eigenvalue weighted by molar-refractivity contribution is -0.161. The lowest BCUT2D eigenvalue weighted by Crippen LogP contribution is -2.55. The molecule has 0 spiro atoms. The van der Waals surface area contributed by atoms with E-state index in [0.29, 0.717) is 6.42 Å². The molecule has 0 heterocycles. The minimum atomic E-state index is -1.12. The molecule has 0 amide bonds. The first-order valence-electron chi connectivity index (χ1n) is 4.83. The minimum absolute atomic E-state index is 0.175. The number of hydrogen-bond donors (Lipinski definition) is 1. The standard InChI is InChI=1S/C10H15NO2/c1-13-9-4-2-8(3-5-9)10(12,6-9)7-11/h8,12H,2-6H2,1H3/t8?,9?,10-/m0/s1. The van der Waals surface area contributed by atoms with Crippen molar-refractivity contribution in [1.82, 2.24) is 0 Å². The van der Waals surface area contributed by atoms with Crippen LogP contribution >= 0.6 is 0 Å². The molecule has 3 nitrogen and oxygen atoms in total. The molecule has 0 unspecified atom stereocenters. The summed E-state index contributed by atoms with van der Waals surface area (Å²) in [4.78, 5) is 0. The molecule has 3 saturated carbocycles. The molecular formula is C10H15NO2. The zero-order valence-corrected chi connectivity index (χ0v) is 7.92. The first-order valence-corrected chi connectivity index (χ1v) is 4.83. The predicted octanol–water partition coefficient (Wildman–Crippen LogP) is 1.22. The lowest BCUT2D eigenvalue weighted by Gasteiger charge is -2.51. The first kappa shape index (κ1) is 8.98. The maximum atomic E-state index is 10.0. The molecule has 0 aromatic carbocycles. The molecule has 3 fully saturated rings. The zero-order valence-electron chi connectivity index (χ0n) is 7.92. The Morgan fingerprint density at radius 2 is 2.08 bits per heavy atom. The maximum absolute atomic E-state index is 10.0. The van der Waals surface area contributed by atoms with Crippen molar-refractivity contribution in [2.24, 2.45) is 5.92 Å². The van der Waals surface area contributed by atoms with Gasteiger partial charge in [-0.15, -0.1) is 0 Å². The van der Waals surface area contributed by atoms with Crippen molar-refractivity contribution >= 4 is 0 Å². The second kappa shape index (κ2) is 2.70. The van der Waals surface area contributed by atoms with Gasteiger partial charge in [0.25, 0.3) is 0 Å². The Kier molecular flexibility index (Phi) is 1.86. The van der Waals surface area contributed by atoms with Crippen molar-refractivity contribution in [2.75, 3.05) is 7.11 Å². The summed E-state index contributed by atoms with van der Waals surface area (Å²) in [6.45, 7) is 0. The highest BCUT2D eigenvalue weighted by atomic mass is 16.5. The second-order valence-corrected chi connectivity index (χ2v) is 4.37. The fourth-order valence-corrected chi connectivity index (χ4v) is 2.84. The van der Waals surface area contributed by atoms with Crippen molar-refractivity contribution in [1.29, 1.82) is 5.26 Å². The zero-order chi connectivity index (χ0) is 9.53. The van der Waals surface area contributed by atoms with Gasteiger partial charge in [-0.2, -0.15) is 5.26 Å². The summed E-state index contributed by atoms with van der Waals surface area (Å²) in [5.41, 5.74) is -1.33.